The summed E-state index contributed by atoms with van der Waals surface area (Å²) in [5, 5.41) is 4.33. The number of anilines is 2. The fourth-order valence-corrected chi connectivity index (χ4v) is 5.28. The maximum Gasteiger partial charge on any atom is 0.265 e. The van der Waals surface area contributed by atoms with Crippen molar-refractivity contribution in [1.82, 2.24) is 0 Å². The second kappa shape index (κ2) is 5.85. The van der Waals surface area contributed by atoms with Crippen LogP contribution >= 0.6 is 0 Å². The van der Waals surface area contributed by atoms with Crippen molar-refractivity contribution in [3.8, 4) is 0 Å². The van der Waals surface area contributed by atoms with Crippen molar-refractivity contribution in [2.75, 3.05) is 9.62 Å². The Morgan fingerprint density at radius 1 is 1.04 bits per heavy atom. The number of benzene rings is 3. The van der Waals surface area contributed by atoms with Gasteiger partial charge in [-0.3, -0.25) is 9.10 Å². The summed E-state index contributed by atoms with van der Waals surface area (Å²) in [5.41, 5.74) is 2.21. The average molecular weight is 366 g/mol. The molecule has 4 rings (SSSR count). The lowest BCUT2D eigenvalue weighted by molar-refractivity contribution is -0.116. The van der Waals surface area contributed by atoms with Crippen molar-refractivity contribution in [2.45, 2.75) is 24.8 Å². The Labute approximate surface area is 152 Å². The molecule has 0 bridgehead atoms. The third kappa shape index (κ3) is 2.45. The highest BCUT2D eigenvalue weighted by molar-refractivity contribution is 7.93. The molecule has 3 aromatic carbocycles. The van der Waals surface area contributed by atoms with Gasteiger partial charge in [-0.2, -0.15) is 0 Å². The fraction of sp³-hybridized carbons (Fsp3) is 0.150. The van der Waals surface area contributed by atoms with Crippen LogP contribution in [0.15, 0.2) is 65.6 Å². The highest BCUT2D eigenvalue weighted by Gasteiger charge is 2.40. The Hall–Kier alpha value is -2.86. The maximum absolute atomic E-state index is 13.1. The van der Waals surface area contributed by atoms with E-state index in [4.69, 9.17) is 0 Å². The highest BCUT2D eigenvalue weighted by atomic mass is 32.2. The molecule has 0 aromatic heterocycles. The van der Waals surface area contributed by atoms with Crippen molar-refractivity contribution in [3.05, 3.63) is 66.2 Å². The zero-order valence-corrected chi connectivity index (χ0v) is 15.2. The zero-order valence-electron chi connectivity index (χ0n) is 14.4. The summed E-state index contributed by atoms with van der Waals surface area (Å²) in [6, 6.07) is 17.1. The predicted octanol–water partition coefficient (Wildman–Crippen LogP) is 3.68. The highest BCUT2D eigenvalue weighted by Crippen LogP contribution is 2.43. The molecule has 0 radical (unpaired) electrons. The van der Waals surface area contributed by atoms with Gasteiger partial charge in [0.1, 0.15) is 6.04 Å². The molecule has 132 valence electrons. The number of aryl methyl sites for hydroxylation is 1. The van der Waals surface area contributed by atoms with Crippen LogP contribution in [0.2, 0.25) is 0 Å². The van der Waals surface area contributed by atoms with Crippen LogP contribution in [0.3, 0.4) is 0 Å². The zero-order chi connectivity index (χ0) is 18.5. The Morgan fingerprint density at radius 3 is 2.46 bits per heavy atom. The molecule has 0 unspecified atom stereocenters. The van der Waals surface area contributed by atoms with Crippen molar-refractivity contribution in [1.29, 1.82) is 0 Å². The van der Waals surface area contributed by atoms with Crippen LogP contribution in [0, 0.1) is 6.92 Å². The van der Waals surface area contributed by atoms with Gasteiger partial charge in [0.15, 0.2) is 0 Å². The Morgan fingerprint density at radius 2 is 1.73 bits per heavy atom. The maximum atomic E-state index is 13.1. The number of carbonyl (C=O) groups excluding carboxylic acids is 1. The number of carbonyl (C=O) groups is 1. The van der Waals surface area contributed by atoms with Gasteiger partial charge in [0.05, 0.1) is 10.6 Å². The molecule has 1 aliphatic heterocycles. The van der Waals surface area contributed by atoms with Crippen LogP contribution in [0.4, 0.5) is 11.4 Å². The number of hydrogen-bond acceptors (Lipinski definition) is 3. The Kier molecular flexibility index (Phi) is 3.73. The molecule has 0 aliphatic carbocycles. The van der Waals surface area contributed by atoms with Crippen molar-refractivity contribution < 1.29 is 13.2 Å². The molecule has 0 fully saturated rings. The van der Waals surface area contributed by atoms with Crippen LogP contribution in [-0.4, -0.2) is 20.4 Å². The van der Waals surface area contributed by atoms with Crippen LogP contribution in [0.25, 0.3) is 10.8 Å². The lowest BCUT2D eigenvalue weighted by Crippen LogP contribution is -2.43. The molecule has 26 heavy (non-hydrogen) atoms. The van der Waals surface area contributed by atoms with E-state index in [1.54, 1.807) is 37.3 Å². The van der Waals surface area contributed by atoms with E-state index in [2.05, 4.69) is 5.32 Å². The molecule has 1 amide bonds. The normalized spacial score (nSPS) is 15.8. The first-order valence-electron chi connectivity index (χ1n) is 8.33. The smallest absolute Gasteiger partial charge is 0.265 e. The summed E-state index contributed by atoms with van der Waals surface area (Å²) in [7, 11) is -3.77. The van der Waals surface area contributed by atoms with Gasteiger partial charge in [0, 0.05) is 11.1 Å². The van der Waals surface area contributed by atoms with Gasteiger partial charge < -0.3 is 5.32 Å². The van der Waals surface area contributed by atoms with Gasteiger partial charge in [-0.1, -0.05) is 36.4 Å². The molecule has 0 saturated carbocycles. The van der Waals surface area contributed by atoms with E-state index in [-0.39, 0.29) is 10.8 Å². The standard InChI is InChI=1S/C20H18N2O3S/c1-13-6-3-9-16(12-13)21-20(23)14(2)22-17-10-4-7-15-8-5-11-18(19(15)17)26(22,24)25/h3-12,14H,1-2H3,(H,21,23)/t14-/m1/s1. The Balaban J connectivity index is 1.74. The summed E-state index contributed by atoms with van der Waals surface area (Å²) in [4.78, 5) is 13.0. The molecule has 3 aromatic rings. The van der Waals surface area contributed by atoms with Gasteiger partial charge in [-0.15, -0.1) is 0 Å². The summed E-state index contributed by atoms with van der Waals surface area (Å²) < 4.78 is 27.3. The van der Waals surface area contributed by atoms with Crippen molar-refractivity contribution >= 4 is 38.1 Å². The first-order valence-corrected chi connectivity index (χ1v) is 9.77. The van der Waals surface area contributed by atoms with Gasteiger partial charge >= 0.3 is 0 Å². The second-order valence-electron chi connectivity index (χ2n) is 6.47. The molecule has 0 saturated heterocycles. The predicted molar refractivity (Wildman–Crippen MR) is 103 cm³/mol. The number of sulfonamides is 1. The third-order valence-electron chi connectivity index (χ3n) is 4.64. The summed E-state index contributed by atoms with van der Waals surface area (Å²) in [5.74, 6) is -0.371. The topological polar surface area (TPSA) is 66.5 Å². The summed E-state index contributed by atoms with van der Waals surface area (Å²) in [6.45, 7) is 3.54. The second-order valence-corrected chi connectivity index (χ2v) is 8.25. The molecule has 1 atom stereocenters. The molecule has 1 N–H and O–H groups in total. The first kappa shape index (κ1) is 16.6. The van der Waals surface area contributed by atoms with Crippen LogP contribution in [0.1, 0.15) is 12.5 Å². The minimum atomic E-state index is -3.77. The average Bonchev–Trinajstić information content (AvgIpc) is 2.83. The summed E-state index contributed by atoms with van der Waals surface area (Å²) >= 11 is 0. The van der Waals surface area contributed by atoms with Gasteiger partial charge in [0.25, 0.3) is 10.0 Å². The number of nitrogens with zero attached hydrogens (tertiary/aromatic N) is 1. The van der Waals surface area contributed by atoms with E-state index >= 15 is 0 Å². The van der Waals surface area contributed by atoms with E-state index in [0.717, 1.165) is 10.9 Å². The molecule has 5 nitrogen and oxygen atoms in total. The lowest BCUT2D eigenvalue weighted by atomic mass is 10.1. The van der Waals surface area contributed by atoms with Crippen LogP contribution in [-0.2, 0) is 14.8 Å². The molecule has 6 heteroatoms. The van der Waals surface area contributed by atoms with Crippen LogP contribution < -0.4 is 9.62 Å². The van der Waals surface area contributed by atoms with E-state index in [1.165, 1.54) is 4.31 Å². The summed E-state index contributed by atoms with van der Waals surface area (Å²) in [6.07, 6.45) is 0. The molecule has 0 spiro atoms. The molecular weight excluding hydrogens is 348 g/mol. The quantitative estimate of drug-likeness (QED) is 0.769. The first-order chi connectivity index (χ1) is 12.4. The minimum absolute atomic E-state index is 0.251. The van der Waals surface area contributed by atoms with E-state index in [9.17, 15) is 13.2 Å². The number of nitrogens with one attached hydrogen (secondary N) is 1. The molecule has 1 aliphatic rings. The van der Waals surface area contributed by atoms with Crippen molar-refractivity contribution in [2.24, 2.45) is 0 Å². The molecule has 1 heterocycles. The lowest BCUT2D eigenvalue weighted by Gasteiger charge is -2.25. The SMILES string of the molecule is Cc1cccc(NC(=O)[C@@H](C)N2c3cccc4cccc(c34)S2(=O)=O)c1. The van der Waals surface area contributed by atoms with Crippen molar-refractivity contribution in [3.63, 3.8) is 0 Å². The van der Waals surface area contributed by atoms with E-state index in [1.807, 2.05) is 37.3 Å². The number of rotatable bonds is 3. The van der Waals surface area contributed by atoms with Gasteiger partial charge in [-0.05, 0) is 49.1 Å². The van der Waals surface area contributed by atoms with E-state index < -0.39 is 16.1 Å². The number of amides is 1. The van der Waals surface area contributed by atoms with Gasteiger partial charge in [0.2, 0.25) is 5.91 Å². The fourth-order valence-electron chi connectivity index (χ4n) is 3.41. The van der Waals surface area contributed by atoms with Crippen LogP contribution in [0.5, 0.6) is 0 Å². The Bertz CT molecular complexity index is 1130. The molecular formula is C20H18N2O3S. The monoisotopic (exact) mass is 366 g/mol. The van der Waals surface area contributed by atoms with Gasteiger partial charge in [-0.25, -0.2) is 8.42 Å². The minimum Gasteiger partial charge on any atom is -0.324 e. The largest absolute Gasteiger partial charge is 0.324 e. The number of hydrogen-bond donors (Lipinski definition) is 1. The van der Waals surface area contributed by atoms with E-state index in [0.29, 0.717) is 16.8 Å². The third-order valence-corrected chi connectivity index (χ3v) is 6.56.